The molecule has 2 atom stereocenters. The minimum absolute atomic E-state index is 0.0870. The van der Waals surface area contributed by atoms with Crippen molar-refractivity contribution >= 4 is 11.9 Å². The van der Waals surface area contributed by atoms with Crippen molar-refractivity contribution in [2.75, 3.05) is 13.2 Å². The van der Waals surface area contributed by atoms with Crippen LogP contribution in [0.1, 0.15) is 35.9 Å². The van der Waals surface area contributed by atoms with Crippen LogP contribution in [0, 0.1) is 0 Å². The molecule has 7 heteroatoms. The van der Waals surface area contributed by atoms with Gasteiger partial charge in [-0.05, 0) is 19.9 Å². The van der Waals surface area contributed by atoms with E-state index in [-0.39, 0.29) is 24.3 Å². The van der Waals surface area contributed by atoms with E-state index in [1.165, 1.54) is 18.5 Å². The second-order valence-electron chi connectivity index (χ2n) is 3.87. The molecular weight excluding hydrogens is 266 g/mol. The minimum Gasteiger partial charge on any atom is -0.464 e. The summed E-state index contributed by atoms with van der Waals surface area (Å²) in [6.07, 6.45) is -0.758. The molecule has 1 rings (SSSR count). The molecule has 7 nitrogen and oxygen atoms in total. The third kappa shape index (κ3) is 4.01. The fourth-order valence-corrected chi connectivity index (χ4v) is 1.48. The molecule has 1 aromatic rings. The number of hydrogen-bond donors (Lipinski definition) is 2. The van der Waals surface area contributed by atoms with Crippen molar-refractivity contribution in [1.82, 2.24) is 4.98 Å². The summed E-state index contributed by atoms with van der Waals surface area (Å²) >= 11 is 0. The van der Waals surface area contributed by atoms with Crippen molar-refractivity contribution < 1.29 is 29.3 Å². The van der Waals surface area contributed by atoms with Crippen LogP contribution in [0.4, 0.5) is 0 Å². The zero-order valence-corrected chi connectivity index (χ0v) is 11.3. The van der Waals surface area contributed by atoms with E-state index in [0.717, 1.165) is 0 Å². The van der Waals surface area contributed by atoms with Gasteiger partial charge in [0, 0.05) is 18.0 Å². The number of ether oxygens (including phenoxy) is 2. The number of aliphatic hydroxyl groups excluding tert-OH is 2. The van der Waals surface area contributed by atoms with Gasteiger partial charge in [0.15, 0.2) is 6.10 Å². The number of aromatic nitrogens is 1. The summed E-state index contributed by atoms with van der Waals surface area (Å²) in [5, 5.41) is 19.5. The highest BCUT2D eigenvalue weighted by Gasteiger charge is 2.27. The number of hydrogen-bond acceptors (Lipinski definition) is 7. The molecular formula is C13H17NO6. The summed E-state index contributed by atoms with van der Waals surface area (Å²) in [4.78, 5) is 26.6. The van der Waals surface area contributed by atoms with E-state index in [2.05, 4.69) is 9.72 Å². The molecule has 0 saturated carbocycles. The summed E-state index contributed by atoms with van der Waals surface area (Å²) in [6, 6.07) is 1.30. The maximum atomic E-state index is 11.5. The van der Waals surface area contributed by atoms with E-state index in [9.17, 15) is 19.8 Å². The highest BCUT2D eigenvalue weighted by atomic mass is 16.5. The largest absolute Gasteiger partial charge is 0.464 e. The highest BCUT2D eigenvalue weighted by molar-refractivity contribution is 5.89. The van der Waals surface area contributed by atoms with E-state index >= 15 is 0 Å². The lowest BCUT2D eigenvalue weighted by molar-refractivity contribution is -0.159. The maximum absolute atomic E-state index is 11.5. The van der Waals surface area contributed by atoms with Gasteiger partial charge in [0.05, 0.1) is 18.8 Å². The predicted octanol–water partition coefficient (Wildman–Crippen LogP) is 0.216. The lowest BCUT2D eigenvalue weighted by atomic mass is 10.0. The summed E-state index contributed by atoms with van der Waals surface area (Å²) in [7, 11) is 0. The van der Waals surface area contributed by atoms with Crippen molar-refractivity contribution in [2.24, 2.45) is 0 Å². The van der Waals surface area contributed by atoms with Gasteiger partial charge in [-0.25, -0.2) is 9.59 Å². The lowest BCUT2D eigenvalue weighted by Gasteiger charge is -2.16. The van der Waals surface area contributed by atoms with E-state index < -0.39 is 24.1 Å². The molecule has 110 valence electrons. The molecule has 20 heavy (non-hydrogen) atoms. The Morgan fingerprint density at radius 3 is 2.45 bits per heavy atom. The summed E-state index contributed by atoms with van der Waals surface area (Å²) in [5.41, 5.74) is 0.246. The van der Waals surface area contributed by atoms with Crippen LogP contribution in [-0.4, -0.2) is 46.5 Å². The monoisotopic (exact) mass is 283 g/mol. The van der Waals surface area contributed by atoms with Crippen molar-refractivity contribution in [2.45, 2.75) is 26.1 Å². The van der Waals surface area contributed by atoms with Gasteiger partial charge in [-0.3, -0.25) is 4.98 Å². The molecule has 0 amide bonds. The van der Waals surface area contributed by atoms with Crippen LogP contribution in [0.5, 0.6) is 0 Å². The van der Waals surface area contributed by atoms with Crippen LogP contribution in [0.15, 0.2) is 18.5 Å². The Bertz CT molecular complexity index is 476. The van der Waals surface area contributed by atoms with Crippen LogP contribution in [-0.2, 0) is 14.3 Å². The van der Waals surface area contributed by atoms with Gasteiger partial charge in [0.1, 0.15) is 6.10 Å². The summed E-state index contributed by atoms with van der Waals surface area (Å²) in [5.74, 6) is -1.54. The topological polar surface area (TPSA) is 106 Å². The SMILES string of the molecule is CCOC(=O)c1cncc(C(O)C(O)C(=O)OCC)c1. The lowest BCUT2D eigenvalue weighted by Crippen LogP contribution is -2.30. The van der Waals surface area contributed by atoms with Crippen LogP contribution < -0.4 is 0 Å². The number of carbonyl (C=O) groups is 2. The first-order valence-electron chi connectivity index (χ1n) is 6.16. The third-order valence-electron chi connectivity index (χ3n) is 2.44. The van der Waals surface area contributed by atoms with Gasteiger partial charge in [-0.15, -0.1) is 0 Å². The molecule has 0 aliphatic heterocycles. The Balaban J connectivity index is 2.88. The molecule has 2 N–H and O–H groups in total. The highest BCUT2D eigenvalue weighted by Crippen LogP contribution is 2.18. The van der Waals surface area contributed by atoms with E-state index in [4.69, 9.17) is 4.74 Å². The normalized spacial score (nSPS) is 13.4. The van der Waals surface area contributed by atoms with Crippen LogP contribution in [0.3, 0.4) is 0 Å². The summed E-state index contributed by atoms with van der Waals surface area (Å²) < 4.78 is 9.40. The first-order valence-corrected chi connectivity index (χ1v) is 6.16. The molecule has 0 saturated heterocycles. The van der Waals surface area contributed by atoms with Crippen LogP contribution >= 0.6 is 0 Å². The Labute approximate surface area is 116 Å². The molecule has 1 heterocycles. The second kappa shape index (κ2) is 7.56. The smallest absolute Gasteiger partial charge is 0.339 e. The molecule has 0 radical (unpaired) electrons. The molecule has 0 fully saturated rings. The zero-order valence-electron chi connectivity index (χ0n) is 11.3. The van der Waals surface area contributed by atoms with Gasteiger partial charge in [0.25, 0.3) is 0 Å². The standard InChI is InChI=1S/C13H17NO6/c1-3-19-12(17)9-5-8(6-14-7-9)10(15)11(16)13(18)20-4-2/h5-7,10-11,15-16H,3-4H2,1-2H3. The number of nitrogens with zero attached hydrogens (tertiary/aromatic N) is 1. The van der Waals surface area contributed by atoms with Crippen LogP contribution in [0.2, 0.25) is 0 Å². The van der Waals surface area contributed by atoms with Gasteiger partial charge in [-0.2, -0.15) is 0 Å². The van der Waals surface area contributed by atoms with Gasteiger partial charge in [0.2, 0.25) is 0 Å². The molecule has 0 aliphatic carbocycles. The molecule has 1 aromatic heterocycles. The van der Waals surface area contributed by atoms with Crippen molar-refractivity contribution in [3.05, 3.63) is 29.6 Å². The van der Waals surface area contributed by atoms with Gasteiger partial charge >= 0.3 is 11.9 Å². The van der Waals surface area contributed by atoms with Gasteiger partial charge in [-0.1, -0.05) is 0 Å². The second-order valence-corrected chi connectivity index (χ2v) is 3.87. The first-order chi connectivity index (χ1) is 9.51. The van der Waals surface area contributed by atoms with Crippen molar-refractivity contribution in [3.8, 4) is 0 Å². The Kier molecular flexibility index (Phi) is 6.08. The number of esters is 2. The van der Waals surface area contributed by atoms with E-state index in [0.29, 0.717) is 0 Å². The molecule has 2 unspecified atom stereocenters. The molecule has 0 aromatic carbocycles. The maximum Gasteiger partial charge on any atom is 0.339 e. The quantitative estimate of drug-likeness (QED) is 0.719. The summed E-state index contributed by atoms with van der Waals surface area (Å²) in [6.45, 7) is 3.54. The number of pyridine rings is 1. The van der Waals surface area contributed by atoms with Crippen molar-refractivity contribution in [3.63, 3.8) is 0 Å². The molecule has 0 bridgehead atoms. The Hall–Kier alpha value is -1.99. The molecule has 0 aliphatic rings. The number of rotatable bonds is 6. The average molecular weight is 283 g/mol. The fraction of sp³-hybridized carbons (Fsp3) is 0.462. The average Bonchev–Trinajstić information content (AvgIpc) is 2.46. The Morgan fingerprint density at radius 2 is 1.85 bits per heavy atom. The van der Waals surface area contributed by atoms with Gasteiger partial charge < -0.3 is 19.7 Å². The zero-order chi connectivity index (χ0) is 15.1. The number of carbonyl (C=O) groups excluding carboxylic acids is 2. The van der Waals surface area contributed by atoms with E-state index in [1.54, 1.807) is 13.8 Å². The Morgan fingerprint density at radius 1 is 1.20 bits per heavy atom. The molecule has 0 spiro atoms. The predicted molar refractivity (Wildman–Crippen MR) is 67.8 cm³/mol. The third-order valence-corrected chi connectivity index (χ3v) is 2.44. The fourth-order valence-electron chi connectivity index (χ4n) is 1.48. The van der Waals surface area contributed by atoms with Crippen LogP contribution in [0.25, 0.3) is 0 Å². The number of aliphatic hydroxyl groups is 2. The van der Waals surface area contributed by atoms with Crippen molar-refractivity contribution in [1.29, 1.82) is 0 Å². The van der Waals surface area contributed by atoms with E-state index in [1.807, 2.05) is 0 Å². The first kappa shape index (κ1) is 16.1. The minimum atomic E-state index is -1.74.